The Morgan fingerprint density at radius 1 is 1.58 bits per heavy atom. The highest BCUT2D eigenvalue weighted by Gasteiger charge is 2.20. The van der Waals surface area contributed by atoms with Gasteiger partial charge in [-0.05, 0) is 24.3 Å². The van der Waals surface area contributed by atoms with Gasteiger partial charge in [0.1, 0.15) is 11.5 Å². The van der Waals surface area contributed by atoms with Crippen molar-refractivity contribution in [3.63, 3.8) is 0 Å². The number of methoxy groups -OCH3 is 1. The van der Waals surface area contributed by atoms with Crippen LogP contribution in [0.15, 0.2) is 18.2 Å². The summed E-state index contributed by atoms with van der Waals surface area (Å²) in [5, 5.41) is 2.94. The molecule has 0 fully saturated rings. The van der Waals surface area contributed by atoms with Crippen LogP contribution in [-0.2, 0) is 11.2 Å². The number of rotatable bonds is 5. The lowest BCUT2D eigenvalue weighted by Gasteiger charge is -2.25. The predicted octanol–water partition coefficient (Wildman–Crippen LogP) is 1.73. The van der Waals surface area contributed by atoms with Gasteiger partial charge in [-0.25, -0.2) is 0 Å². The van der Waals surface area contributed by atoms with E-state index in [9.17, 15) is 4.79 Å². The minimum atomic E-state index is 0.0908. The zero-order valence-corrected chi connectivity index (χ0v) is 12.1. The van der Waals surface area contributed by atoms with Crippen LogP contribution in [0.5, 0.6) is 11.5 Å². The summed E-state index contributed by atoms with van der Waals surface area (Å²) in [7, 11) is 1.65. The smallest absolute Gasteiger partial charge is 0.229 e. The third kappa shape index (κ3) is 3.80. The van der Waals surface area contributed by atoms with E-state index in [1.54, 1.807) is 7.11 Å². The molecular formula is C14H19NO3S. The summed E-state index contributed by atoms with van der Waals surface area (Å²) >= 11 is 1.53. The highest BCUT2D eigenvalue weighted by molar-refractivity contribution is 7.99. The molecule has 1 amide bonds. The SMILES string of the molecule is COc1ccc2c(c1)OCC(CNC(=O)CSC)C2. The summed E-state index contributed by atoms with van der Waals surface area (Å²) in [4.78, 5) is 11.4. The molecule has 1 unspecified atom stereocenters. The van der Waals surface area contributed by atoms with E-state index in [0.717, 1.165) is 17.9 Å². The molecule has 2 rings (SSSR count). The standard InChI is InChI=1S/C14H19NO3S/c1-17-12-4-3-11-5-10(8-18-13(11)6-12)7-15-14(16)9-19-2/h3-4,6,10H,5,7-9H2,1-2H3,(H,15,16). The van der Waals surface area contributed by atoms with Crippen LogP contribution in [-0.4, -0.2) is 38.2 Å². The summed E-state index contributed by atoms with van der Waals surface area (Å²) in [6, 6.07) is 5.89. The minimum Gasteiger partial charge on any atom is -0.497 e. The van der Waals surface area contributed by atoms with Crippen LogP contribution >= 0.6 is 11.8 Å². The quantitative estimate of drug-likeness (QED) is 0.893. The van der Waals surface area contributed by atoms with Crippen molar-refractivity contribution in [2.75, 3.05) is 32.3 Å². The number of carbonyl (C=O) groups is 1. The molecule has 0 bridgehead atoms. The largest absolute Gasteiger partial charge is 0.497 e. The molecule has 0 saturated carbocycles. The van der Waals surface area contributed by atoms with E-state index in [-0.39, 0.29) is 5.91 Å². The fourth-order valence-corrected chi connectivity index (χ4v) is 2.48. The summed E-state index contributed by atoms with van der Waals surface area (Å²) in [5.41, 5.74) is 1.18. The van der Waals surface area contributed by atoms with Gasteiger partial charge in [-0.15, -0.1) is 0 Å². The van der Waals surface area contributed by atoms with Crippen LogP contribution in [0, 0.1) is 5.92 Å². The molecule has 1 aliphatic rings. The predicted molar refractivity (Wildman–Crippen MR) is 77.1 cm³/mol. The van der Waals surface area contributed by atoms with E-state index in [0.29, 0.717) is 24.8 Å². The van der Waals surface area contributed by atoms with E-state index < -0.39 is 0 Å². The number of fused-ring (bicyclic) bond motifs is 1. The summed E-state index contributed by atoms with van der Waals surface area (Å²) in [6.45, 7) is 1.31. The van der Waals surface area contributed by atoms with Gasteiger partial charge < -0.3 is 14.8 Å². The third-order valence-electron chi connectivity index (χ3n) is 3.12. The number of thioether (sulfide) groups is 1. The number of nitrogens with one attached hydrogen (secondary N) is 1. The Bertz CT molecular complexity index is 450. The van der Waals surface area contributed by atoms with Gasteiger partial charge in [-0.3, -0.25) is 4.79 Å². The molecule has 5 heteroatoms. The molecule has 1 aromatic carbocycles. The lowest BCUT2D eigenvalue weighted by Crippen LogP contribution is -2.35. The van der Waals surface area contributed by atoms with Crippen molar-refractivity contribution >= 4 is 17.7 Å². The number of carbonyl (C=O) groups excluding carboxylic acids is 1. The average Bonchev–Trinajstić information content (AvgIpc) is 2.44. The summed E-state index contributed by atoms with van der Waals surface area (Å²) in [5.74, 6) is 2.65. The number of ether oxygens (including phenoxy) is 2. The lowest BCUT2D eigenvalue weighted by molar-refractivity contribution is -0.118. The van der Waals surface area contributed by atoms with Crippen LogP contribution in [0.2, 0.25) is 0 Å². The molecule has 1 N–H and O–H groups in total. The van der Waals surface area contributed by atoms with Crippen LogP contribution in [0.1, 0.15) is 5.56 Å². The Hall–Kier alpha value is -1.36. The second kappa shape index (κ2) is 6.70. The zero-order chi connectivity index (χ0) is 13.7. The van der Waals surface area contributed by atoms with Gasteiger partial charge in [0.15, 0.2) is 0 Å². The Morgan fingerprint density at radius 2 is 2.42 bits per heavy atom. The molecule has 1 atom stereocenters. The molecule has 1 aliphatic heterocycles. The van der Waals surface area contributed by atoms with Crippen LogP contribution in [0.4, 0.5) is 0 Å². The molecule has 1 aromatic rings. The van der Waals surface area contributed by atoms with Crippen molar-refractivity contribution in [2.24, 2.45) is 5.92 Å². The second-order valence-electron chi connectivity index (χ2n) is 4.59. The van der Waals surface area contributed by atoms with Gasteiger partial charge >= 0.3 is 0 Å². The molecular weight excluding hydrogens is 262 g/mol. The highest BCUT2D eigenvalue weighted by Crippen LogP contribution is 2.30. The topological polar surface area (TPSA) is 47.6 Å². The van der Waals surface area contributed by atoms with Crippen molar-refractivity contribution < 1.29 is 14.3 Å². The molecule has 0 radical (unpaired) electrons. The van der Waals surface area contributed by atoms with E-state index in [4.69, 9.17) is 9.47 Å². The van der Waals surface area contributed by atoms with Crippen molar-refractivity contribution in [3.8, 4) is 11.5 Å². The Kier molecular flexibility index (Phi) is 4.96. The lowest BCUT2D eigenvalue weighted by atomic mass is 9.96. The monoisotopic (exact) mass is 281 g/mol. The fraction of sp³-hybridized carbons (Fsp3) is 0.500. The molecule has 19 heavy (non-hydrogen) atoms. The first kappa shape index (κ1) is 14.1. The van der Waals surface area contributed by atoms with Gasteiger partial charge in [-0.2, -0.15) is 11.8 Å². The van der Waals surface area contributed by atoms with Gasteiger partial charge in [0.2, 0.25) is 5.91 Å². The first-order valence-electron chi connectivity index (χ1n) is 6.28. The van der Waals surface area contributed by atoms with Crippen molar-refractivity contribution in [1.82, 2.24) is 5.32 Å². The van der Waals surface area contributed by atoms with Gasteiger partial charge in [-0.1, -0.05) is 6.07 Å². The first-order chi connectivity index (χ1) is 9.22. The minimum absolute atomic E-state index is 0.0908. The average molecular weight is 281 g/mol. The highest BCUT2D eigenvalue weighted by atomic mass is 32.2. The maximum Gasteiger partial charge on any atom is 0.229 e. The fourth-order valence-electron chi connectivity index (χ4n) is 2.11. The van der Waals surface area contributed by atoms with Crippen molar-refractivity contribution in [1.29, 1.82) is 0 Å². The maximum atomic E-state index is 11.4. The van der Waals surface area contributed by atoms with Crippen molar-refractivity contribution in [3.05, 3.63) is 23.8 Å². The first-order valence-corrected chi connectivity index (χ1v) is 7.67. The van der Waals surface area contributed by atoms with Gasteiger partial charge in [0.25, 0.3) is 0 Å². The van der Waals surface area contributed by atoms with E-state index in [2.05, 4.69) is 5.32 Å². The normalized spacial score (nSPS) is 17.3. The molecule has 104 valence electrons. The zero-order valence-electron chi connectivity index (χ0n) is 11.3. The molecule has 0 aromatic heterocycles. The Morgan fingerprint density at radius 3 is 3.16 bits per heavy atom. The van der Waals surface area contributed by atoms with Crippen LogP contribution in [0.3, 0.4) is 0 Å². The van der Waals surface area contributed by atoms with Crippen LogP contribution in [0.25, 0.3) is 0 Å². The summed E-state index contributed by atoms with van der Waals surface area (Å²) < 4.78 is 10.9. The maximum absolute atomic E-state index is 11.4. The van der Waals surface area contributed by atoms with Crippen molar-refractivity contribution in [2.45, 2.75) is 6.42 Å². The molecule has 0 aliphatic carbocycles. The summed E-state index contributed by atoms with van der Waals surface area (Å²) in [6.07, 6.45) is 2.85. The van der Waals surface area contributed by atoms with Crippen LogP contribution < -0.4 is 14.8 Å². The van der Waals surface area contributed by atoms with Gasteiger partial charge in [0, 0.05) is 18.5 Å². The Balaban J connectivity index is 1.89. The van der Waals surface area contributed by atoms with Gasteiger partial charge in [0.05, 0.1) is 19.5 Å². The molecule has 0 saturated heterocycles. The van der Waals surface area contributed by atoms with E-state index in [1.165, 1.54) is 17.3 Å². The Labute approximate surface area is 117 Å². The molecule has 4 nitrogen and oxygen atoms in total. The second-order valence-corrected chi connectivity index (χ2v) is 5.46. The number of hydrogen-bond donors (Lipinski definition) is 1. The number of benzene rings is 1. The van der Waals surface area contributed by atoms with E-state index >= 15 is 0 Å². The molecule has 0 spiro atoms. The number of amides is 1. The van der Waals surface area contributed by atoms with E-state index in [1.807, 2.05) is 24.5 Å². The number of hydrogen-bond acceptors (Lipinski definition) is 4. The molecule has 1 heterocycles. The third-order valence-corrected chi connectivity index (χ3v) is 3.67.